The molecule has 0 aromatic heterocycles. The molecular formula is C16H25NO3. The molecule has 1 heterocycles. The molecule has 0 bridgehead atoms. The van der Waals surface area contributed by atoms with E-state index in [1.54, 1.807) is 7.11 Å². The summed E-state index contributed by atoms with van der Waals surface area (Å²) in [4.78, 5) is 2.17. The maximum Gasteiger partial charge on any atom is 0.103 e. The molecule has 0 aliphatic carbocycles. The number of aliphatic hydroxyl groups is 2. The van der Waals surface area contributed by atoms with Crippen LogP contribution in [0.3, 0.4) is 0 Å². The highest BCUT2D eigenvalue weighted by Crippen LogP contribution is 2.26. The minimum Gasteiger partial charge on any atom is -0.393 e. The molecule has 1 aromatic carbocycles. The van der Waals surface area contributed by atoms with E-state index in [-0.39, 0.29) is 6.61 Å². The van der Waals surface area contributed by atoms with E-state index in [9.17, 15) is 10.2 Å². The van der Waals surface area contributed by atoms with Gasteiger partial charge in [-0.3, -0.25) is 4.90 Å². The average molecular weight is 279 g/mol. The van der Waals surface area contributed by atoms with Gasteiger partial charge in [0.1, 0.15) is 5.60 Å². The first-order valence-corrected chi connectivity index (χ1v) is 7.21. The molecule has 2 N–H and O–H groups in total. The number of likely N-dealkylation sites (tertiary alicyclic amines) is 1. The van der Waals surface area contributed by atoms with Crippen molar-refractivity contribution >= 4 is 0 Å². The second kappa shape index (κ2) is 6.68. The van der Waals surface area contributed by atoms with Gasteiger partial charge in [-0.2, -0.15) is 0 Å². The van der Waals surface area contributed by atoms with Gasteiger partial charge in [0.25, 0.3) is 0 Å². The van der Waals surface area contributed by atoms with E-state index in [2.05, 4.69) is 4.90 Å². The van der Waals surface area contributed by atoms with Crippen molar-refractivity contribution in [3.05, 3.63) is 35.4 Å². The summed E-state index contributed by atoms with van der Waals surface area (Å²) in [6.07, 6.45) is 1.36. The van der Waals surface area contributed by atoms with Crippen molar-refractivity contribution in [2.45, 2.75) is 31.5 Å². The fraction of sp³-hybridized carbons (Fsp3) is 0.625. The summed E-state index contributed by atoms with van der Waals surface area (Å²) in [5.74, 6) is 0. The standard InChI is InChI=1S/C16H25NO3/c1-13-4-6-14(7-5-13)15(19)10-17-9-3-8-16(11-17,12-18)20-2/h4-7,15,18-19H,3,8-12H2,1-2H3. The van der Waals surface area contributed by atoms with Crippen molar-refractivity contribution in [3.8, 4) is 0 Å². The zero-order valence-corrected chi connectivity index (χ0v) is 12.4. The van der Waals surface area contributed by atoms with Crippen molar-refractivity contribution in [2.75, 3.05) is 33.4 Å². The fourth-order valence-corrected chi connectivity index (χ4v) is 2.85. The molecular weight excluding hydrogens is 254 g/mol. The number of piperidine rings is 1. The van der Waals surface area contributed by atoms with Crippen LogP contribution in [0.5, 0.6) is 0 Å². The van der Waals surface area contributed by atoms with Crippen molar-refractivity contribution in [3.63, 3.8) is 0 Å². The van der Waals surface area contributed by atoms with E-state index in [4.69, 9.17) is 4.74 Å². The maximum absolute atomic E-state index is 10.3. The van der Waals surface area contributed by atoms with Gasteiger partial charge in [-0.1, -0.05) is 29.8 Å². The second-order valence-electron chi connectivity index (χ2n) is 5.81. The number of hydrogen-bond acceptors (Lipinski definition) is 4. The summed E-state index contributed by atoms with van der Waals surface area (Å²) in [5.41, 5.74) is 1.66. The number of aryl methyl sites for hydroxylation is 1. The molecule has 2 rings (SSSR count). The molecule has 0 saturated carbocycles. The Bertz CT molecular complexity index is 414. The van der Waals surface area contributed by atoms with Gasteiger partial charge in [0.15, 0.2) is 0 Å². The van der Waals surface area contributed by atoms with Crippen LogP contribution in [0.25, 0.3) is 0 Å². The van der Waals surface area contributed by atoms with Crippen LogP contribution in [0, 0.1) is 6.92 Å². The van der Waals surface area contributed by atoms with E-state index < -0.39 is 11.7 Å². The molecule has 1 aliphatic rings. The number of β-amino-alcohol motifs (C(OH)–C–C–N with tert-alkyl or cyclic N) is 1. The molecule has 0 spiro atoms. The summed E-state index contributed by atoms with van der Waals surface area (Å²) in [6, 6.07) is 7.98. The molecule has 1 fully saturated rings. The zero-order valence-electron chi connectivity index (χ0n) is 12.4. The second-order valence-corrected chi connectivity index (χ2v) is 5.81. The molecule has 1 aromatic rings. The van der Waals surface area contributed by atoms with Crippen LogP contribution in [0.4, 0.5) is 0 Å². The van der Waals surface area contributed by atoms with Crippen LogP contribution in [0.2, 0.25) is 0 Å². The van der Waals surface area contributed by atoms with Gasteiger partial charge >= 0.3 is 0 Å². The van der Waals surface area contributed by atoms with Gasteiger partial charge in [0, 0.05) is 20.2 Å². The zero-order chi connectivity index (χ0) is 14.6. The van der Waals surface area contributed by atoms with E-state index in [1.165, 1.54) is 5.56 Å². The molecule has 4 nitrogen and oxygen atoms in total. The summed E-state index contributed by atoms with van der Waals surface area (Å²) < 4.78 is 5.49. The first kappa shape index (κ1) is 15.4. The Kier molecular flexibility index (Phi) is 5.16. The topological polar surface area (TPSA) is 52.9 Å². The maximum atomic E-state index is 10.3. The van der Waals surface area contributed by atoms with Crippen LogP contribution in [-0.2, 0) is 4.74 Å². The Balaban J connectivity index is 1.97. The number of benzene rings is 1. The number of nitrogens with zero attached hydrogens (tertiary/aromatic N) is 1. The molecule has 2 unspecified atom stereocenters. The van der Waals surface area contributed by atoms with Gasteiger partial charge in [-0.15, -0.1) is 0 Å². The molecule has 0 radical (unpaired) electrons. The summed E-state index contributed by atoms with van der Waals surface area (Å²) in [7, 11) is 1.65. The lowest BCUT2D eigenvalue weighted by Crippen LogP contribution is -2.52. The van der Waals surface area contributed by atoms with Crippen LogP contribution in [0.15, 0.2) is 24.3 Å². The molecule has 1 saturated heterocycles. The van der Waals surface area contributed by atoms with E-state index in [1.807, 2.05) is 31.2 Å². The highest BCUT2D eigenvalue weighted by molar-refractivity contribution is 5.23. The van der Waals surface area contributed by atoms with Crippen molar-refractivity contribution in [2.24, 2.45) is 0 Å². The lowest BCUT2D eigenvalue weighted by molar-refractivity contribution is -0.0998. The summed E-state index contributed by atoms with van der Waals surface area (Å²) >= 11 is 0. The van der Waals surface area contributed by atoms with E-state index in [0.717, 1.165) is 24.9 Å². The number of hydrogen-bond donors (Lipinski definition) is 2. The first-order chi connectivity index (χ1) is 9.58. The van der Waals surface area contributed by atoms with Gasteiger partial charge in [-0.25, -0.2) is 0 Å². The predicted octanol–water partition coefficient (Wildman–Crippen LogP) is 1.50. The van der Waals surface area contributed by atoms with Gasteiger partial charge in [-0.05, 0) is 31.9 Å². The minimum absolute atomic E-state index is 0.0284. The Hall–Kier alpha value is -0.940. The van der Waals surface area contributed by atoms with E-state index in [0.29, 0.717) is 13.1 Å². The van der Waals surface area contributed by atoms with Crippen LogP contribution in [-0.4, -0.2) is 54.1 Å². The molecule has 0 amide bonds. The van der Waals surface area contributed by atoms with Crippen LogP contribution >= 0.6 is 0 Å². The molecule has 20 heavy (non-hydrogen) atoms. The van der Waals surface area contributed by atoms with Gasteiger partial charge in [0.05, 0.1) is 12.7 Å². The number of aliphatic hydroxyl groups excluding tert-OH is 2. The van der Waals surface area contributed by atoms with Crippen molar-refractivity contribution < 1.29 is 14.9 Å². The molecule has 112 valence electrons. The largest absolute Gasteiger partial charge is 0.393 e. The lowest BCUT2D eigenvalue weighted by atomic mass is 9.93. The lowest BCUT2D eigenvalue weighted by Gasteiger charge is -2.41. The Labute approximate surface area is 121 Å². The van der Waals surface area contributed by atoms with Gasteiger partial charge < -0.3 is 14.9 Å². The third-order valence-corrected chi connectivity index (χ3v) is 4.23. The third kappa shape index (κ3) is 3.58. The highest BCUT2D eigenvalue weighted by atomic mass is 16.5. The normalized spacial score (nSPS) is 25.6. The quantitative estimate of drug-likeness (QED) is 0.857. The monoisotopic (exact) mass is 279 g/mol. The Morgan fingerprint density at radius 1 is 1.35 bits per heavy atom. The SMILES string of the molecule is COC1(CO)CCCN(CC(O)c2ccc(C)cc2)C1. The third-order valence-electron chi connectivity index (χ3n) is 4.23. The Morgan fingerprint density at radius 3 is 2.65 bits per heavy atom. The smallest absolute Gasteiger partial charge is 0.103 e. The number of ether oxygens (including phenoxy) is 1. The van der Waals surface area contributed by atoms with Crippen LogP contribution in [0.1, 0.15) is 30.1 Å². The minimum atomic E-state index is -0.498. The molecule has 4 heteroatoms. The summed E-state index contributed by atoms with van der Waals surface area (Å²) in [6.45, 7) is 4.25. The number of rotatable bonds is 5. The van der Waals surface area contributed by atoms with Crippen LogP contribution < -0.4 is 0 Å². The average Bonchev–Trinajstić information content (AvgIpc) is 2.48. The highest BCUT2D eigenvalue weighted by Gasteiger charge is 2.35. The van der Waals surface area contributed by atoms with Crippen molar-refractivity contribution in [1.82, 2.24) is 4.90 Å². The van der Waals surface area contributed by atoms with Gasteiger partial charge in [0.2, 0.25) is 0 Å². The summed E-state index contributed by atoms with van der Waals surface area (Å²) in [5, 5.41) is 19.9. The van der Waals surface area contributed by atoms with Crippen molar-refractivity contribution in [1.29, 1.82) is 0 Å². The van der Waals surface area contributed by atoms with E-state index >= 15 is 0 Å². The molecule has 2 atom stereocenters. The molecule has 1 aliphatic heterocycles. The fourth-order valence-electron chi connectivity index (χ4n) is 2.85. The Morgan fingerprint density at radius 2 is 2.05 bits per heavy atom. The predicted molar refractivity (Wildman–Crippen MR) is 78.6 cm³/mol. The first-order valence-electron chi connectivity index (χ1n) is 7.21. The number of methoxy groups -OCH3 is 1.